The van der Waals surface area contributed by atoms with Crippen molar-refractivity contribution in [1.29, 1.82) is 0 Å². The summed E-state index contributed by atoms with van der Waals surface area (Å²) in [5.41, 5.74) is 2.40. The number of carboxylic acids is 1. The SMILES string of the molecule is O=C(O)CC1COc2cc(O[C@@H]3CCc4c3ccc(C(F)(F)F)c4CN3C4CCCC3CC4)ccc21. The first-order chi connectivity index (χ1) is 17.3. The number of aliphatic carboxylic acids is 1. The number of piperidine rings is 1. The lowest BCUT2D eigenvalue weighted by molar-refractivity contribution is -0.139. The Hall–Kier alpha value is -2.74. The minimum Gasteiger partial charge on any atom is -0.492 e. The third kappa shape index (κ3) is 4.23. The number of hydrogen-bond acceptors (Lipinski definition) is 4. The van der Waals surface area contributed by atoms with Crippen LogP contribution in [0.25, 0.3) is 0 Å². The summed E-state index contributed by atoms with van der Waals surface area (Å²) >= 11 is 0. The molecule has 2 bridgehead atoms. The molecule has 4 aliphatic rings. The molecule has 0 radical (unpaired) electrons. The Morgan fingerprint density at radius 3 is 2.53 bits per heavy atom. The number of ether oxygens (including phenoxy) is 2. The normalized spacial score (nSPS) is 27.0. The second-order valence-electron chi connectivity index (χ2n) is 10.6. The highest BCUT2D eigenvalue weighted by Gasteiger charge is 2.41. The number of fused-ring (bicyclic) bond motifs is 4. The van der Waals surface area contributed by atoms with Crippen molar-refractivity contribution >= 4 is 5.97 Å². The van der Waals surface area contributed by atoms with E-state index >= 15 is 0 Å². The molecular formula is C28H30F3NO4. The summed E-state index contributed by atoms with van der Waals surface area (Å²) in [5, 5.41) is 9.11. The second-order valence-corrected chi connectivity index (χ2v) is 10.6. The fourth-order valence-electron chi connectivity index (χ4n) is 6.85. The molecule has 192 valence electrons. The zero-order valence-electron chi connectivity index (χ0n) is 20.0. The minimum atomic E-state index is -4.39. The van der Waals surface area contributed by atoms with Crippen LogP contribution in [-0.4, -0.2) is 34.7 Å². The third-order valence-corrected chi connectivity index (χ3v) is 8.53. The van der Waals surface area contributed by atoms with Crippen LogP contribution < -0.4 is 9.47 Å². The molecule has 0 aromatic heterocycles. The van der Waals surface area contributed by atoms with E-state index in [9.17, 15) is 18.0 Å². The van der Waals surface area contributed by atoms with E-state index in [0.717, 1.165) is 42.4 Å². The van der Waals surface area contributed by atoms with E-state index < -0.39 is 17.7 Å². The smallest absolute Gasteiger partial charge is 0.416 e. The van der Waals surface area contributed by atoms with Crippen molar-refractivity contribution in [2.75, 3.05) is 6.61 Å². The molecule has 2 saturated heterocycles. The standard InChI is InChI=1S/C28H30F3NO4/c29-28(30,31)24-10-8-22-21(23(24)14-32-17-2-1-3-18(32)5-4-17)9-11-25(22)36-19-6-7-20-16(12-27(33)34)15-35-26(20)13-19/h6-8,10,13,16-18,25H,1-5,9,11-12,14-15H2,(H,33,34)/t16?,17?,18?,25-/m1/s1. The van der Waals surface area contributed by atoms with Crippen LogP contribution in [-0.2, 0) is 23.9 Å². The highest BCUT2D eigenvalue weighted by molar-refractivity contribution is 5.68. The van der Waals surface area contributed by atoms with E-state index in [-0.39, 0.29) is 18.4 Å². The molecule has 2 aromatic carbocycles. The van der Waals surface area contributed by atoms with Gasteiger partial charge in [0.1, 0.15) is 17.6 Å². The number of rotatable bonds is 6. The van der Waals surface area contributed by atoms with E-state index in [1.165, 1.54) is 12.5 Å². The van der Waals surface area contributed by atoms with Crippen molar-refractivity contribution in [2.45, 2.75) is 88.2 Å². The molecule has 2 aromatic rings. The van der Waals surface area contributed by atoms with Crippen LogP contribution in [0.4, 0.5) is 13.2 Å². The molecule has 3 heterocycles. The van der Waals surface area contributed by atoms with Crippen LogP contribution in [0.2, 0.25) is 0 Å². The van der Waals surface area contributed by atoms with Gasteiger partial charge in [-0.2, -0.15) is 13.2 Å². The fraction of sp³-hybridized carbons (Fsp3) is 0.536. The third-order valence-electron chi connectivity index (χ3n) is 8.53. The molecular weight excluding hydrogens is 471 g/mol. The van der Waals surface area contributed by atoms with Crippen molar-refractivity contribution in [3.63, 3.8) is 0 Å². The predicted octanol–water partition coefficient (Wildman–Crippen LogP) is 6.24. The average Bonchev–Trinajstić information content (AvgIpc) is 3.46. The van der Waals surface area contributed by atoms with Gasteiger partial charge in [-0.05, 0) is 67.3 Å². The largest absolute Gasteiger partial charge is 0.492 e. The van der Waals surface area contributed by atoms with Gasteiger partial charge in [0.15, 0.2) is 0 Å². The molecule has 0 saturated carbocycles. The van der Waals surface area contributed by atoms with Crippen LogP contribution in [0.5, 0.6) is 11.5 Å². The molecule has 6 rings (SSSR count). The average molecular weight is 502 g/mol. The lowest BCUT2D eigenvalue weighted by Gasteiger charge is -2.36. The fourth-order valence-corrected chi connectivity index (χ4v) is 6.85. The summed E-state index contributed by atoms with van der Waals surface area (Å²) in [7, 11) is 0. The molecule has 0 spiro atoms. The van der Waals surface area contributed by atoms with Gasteiger partial charge in [0.05, 0.1) is 18.6 Å². The van der Waals surface area contributed by atoms with Gasteiger partial charge < -0.3 is 14.6 Å². The van der Waals surface area contributed by atoms with Gasteiger partial charge in [-0.1, -0.05) is 18.6 Å². The second kappa shape index (κ2) is 8.98. The molecule has 8 heteroatoms. The Morgan fingerprint density at radius 1 is 1.06 bits per heavy atom. The number of carbonyl (C=O) groups is 1. The van der Waals surface area contributed by atoms with Crippen molar-refractivity contribution < 1.29 is 32.5 Å². The van der Waals surface area contributed by atoms with Crippen molar-refractivity contribution in [3.8, 4) is 11.5 Å². The van der Waals surface area contributed by atoms with Crippen LogP contribution in [0.15, 0.2) is 30.3 Å². The van der Waals surface area contributed by atoms with E-state index in [2.05, 4.69) is 4.90 Å². The van der Waals surface area contributed by atoms with Gasteiger partial charge in [0.25, 0.3) is 0 Å². The van der Waals surface area contributed by atoms with Crippen molar-refractivity contribution in [1.82, 2.24) is 4.90 Å². The summed E-state index contributed by atoms with van der Waals surface area (Å²) in [4.78, 5) is 13.4. The lowest BCUT2D eigenvalue weighted by atomic mass is 9.94. The molecule has 1 aliphatic carbocycles. The summed E-state index contributed by atoms with van der Waals surface area (Å²) in [5.74, 6) is 0.141. The van der Waals surface area contributed by atoms with Gasteiger partial charge in [0.2, 0.25) is 0 Å². The Balaban J connectivity index is 1.27. The number of alkyl halides is 3. The summed E-state index contributed by atoms with van der Waals surface area (Å²) in [6.07, 6.45) is 1.96. The lowest BCUT2D eigenvalue weighted by Crippen LogP contribution is -2.39. The maximum atomic E-state index is 14.1. The van der Waals surface area contributed by atoms with Crippen molar-refractivity contribution in [2.24, 2.45) is 0 Å². The van der Waals surface area contributed by atoms with Crippen LogP contribution >= 0.6 is 0 Å². The van der Waals surface area contributed by atoms with Gasteiger partial charge in [-0.3, -0.25) is 9.69 Å². The topological polar surface area (TPSA) is 59.0 Å². The molecule has 3 unspecified atom stereocenters. The zero-order valence-corrected chi connectivity index (χ0v) is 20.0. The minimum absolute atomic E-state index is 0.00620. The predicted molar refractivity (Wildman–Crippen MR) is 126 cm³/mol. The van der Waals surface area contributed by atoms with Crippen LogP contribution in [0.1, 0.15) is 84.8 Å². The first-order valence-electron chi connectivity index (χ1n) is 12.9. The first kappa shape index (κ1) is 23.6. The van der Waals surface area contributed by atoms with E-state index in [4.69, 9.17) is 14.6 Å². The Bertz CT molecular complexity index is 1160. The van der Waals surface area contributed by atoms with E-state index in [1.807, 2.05) is 6.07 Å². The monoisotopic (exact) mass is 501 g/mol. The van der Waals surface area contributed by atoms with Crippen molar-refractivity contribution in [3.05, 3.63) is 58.1 Å². The van der Waals surface area contributed by atoms with Gasteiger partial charge in [-0.25, -0.2) is 0 Å². The first-order valence-corrected chi connectivity index (χ1v) is 12.9. The molecule has 36 heavy (non-hydrogen) atoms. The Morgan fingerprint density at radius 2 is 1.81 bits per heavy atom. The molecule has 2 fully saturated rings. The summed E-state index contributed by atoms with van der Waals surface area (Å²) in [6.45, 7) is 0.678. The Labute approximate surface area is 208 Å². The Kier molecular flexibility index (Phi) is 5.90. The molecule has 4 atom stereocenters. The number of benzene rings is 2. The van der Waals surface area contributed by atoms with Crippen LogP contribution in [0, 0.1) is 0 Å². The maximum Gasteiger partial charge on any atom is 0.416 e. The molecule has 0 amide bonds. The molecule has 3 aliphatic heterocycles. The number of carboxylic acid groups (broad SMARTS) is 1. The highest BCUT2D eigenvalue weighted by Crippen LogP contribution is 2.46. The van der Waals surface area contributed by atoms with Gasteiger partial charge >= 0.3 is 12.1 Å². The number of halogens is 3. The number of hydrogen-bond donors (Lipinski definition) is 1. The van der Waals surface area contributed by atoms with Gasteiger partial charge in [-0.15, -0.1) is 0 Å². The highest BCUT2D eigenvalue weighted by atomic mass is 19.4. The quantitative estimate of drug-likeness (QED) is 0.508. The van der Waals surface area contributed by atoms with Gasteiger partial charge in [0, 0.05) is 36.2 Å². The summed E-state index contributed by atoms with van der Waals surface area (Å²) in [6, 6.07) is 9.03. The van der Waals surface area contributed by atoms with Crippen LogP contribution in [0.3, 0.4) is 0 Å². The van der Waals surface area contributed by atoms with E-state index in [0.29, 0.717) is 55.1 Å². The van der Waals surface area contributed by atoms with E-state index in [1.54, 1.807) is 18.2 Å². The maximum absolute atomic E-state index is 14.1. The summed E-state index contributed by atoms with van der Waals surface area (Å²) < 4.78 is 54.2. The molecule has 5 nitrogen and oxygen atoms in total. The number of nitrogens with zero attached hydrogens (tertiary/aromatic N) is 1. The molecule has 1 N–H and O–H groups in total. The zero-order chi connectivity index (χ0) is 25.0.